The third-order valence-corrected chi connectivity index (χ3v) is 4.49. The van der Waals surface area contributed by atoms with Gasteiger partial charge in [-0.15, -0.1) is 0 Å². The monoisotopic (exact) mass is 394 g/mol. The number of methoxy groups -OCH3 is 1. The van der Waals surface area contributed by atoms with Gasteiger partial charge in [-0.25, -0.2) is 0 Å². The fraction of sp³-hybridized carbons (Fsp3) is 0.444. The Bertz CT molecular complexity index is 635. The van der Waals surface area contributed by atoms with E-state index in [-0.39, 0.29) is 17.7 Å². The van der Waals surface area contributed by atoms with E-state index in [2.05, 4.69) is 15.9 Å². The molecule has 5 nitrogen and oxygen atoms in total. The number of carbonyl (C=O) groups excluding carboxylic acids is 2. The molecular weight excluding hydrogens is 372 g/mol. The van der Waals surface area contributed by atoms with Crippen molar-refractivity contribution in [3.05, 3.63) is 34.3 Å². The average molecular weight is 395 g/mol. The lowest BCUT2D eigenvalue weighted by Crippen LogP contribution is -2.51. The number of hydrogen-bond acceptors (Lipinski definition) is 3. The lowest BCUT2D eigenvalue weighted by molar-refractivity contribution is -0.139. The molecule has 0 spiro atoms. The van der Waals surface area contributed by atoms with Crippen molar-refractivity contribution in [3.63, 3.8) is 0 Å². The first-order valence-corrected chi connectivity index (χ1v) is 8.81. The molecule has 1 aromatic carbocycles. The van der Waals surface area contributed by atoms with E-state index in [0.717, 1.165) is 15.8 Å². The van der Waals surface area contributed by atoms with Gasteiger partial charge in [0, 0.05) is 48.2 Å². The Balaban J connectivity index is 1.97. The predicted octanol–water partition coefficient (Wildman–Crippen LogP) is 2.80. The van der Waals surface area contributed by atoms with Crippen LogP contribution in [-0.2, 0) is 9.59 Å². The molecule has 0 radical (unpaired) electrons. The highest BCUT2D eigenvalue weighted by Gasteiger charge is 2.24. The van der Waals surface area contributed by atoms with Crippen LogP contribution in [0.1, 0.15) is 19.4 Å². The maximum absolute atomic E-state index is 12.3. The molecule has 1 aromatic rings. The van der Waals surface area contributed by atoms with Crippen molar-refractivity contribution < 1.29 is 14.3 Å². The van der Waals surface area contributed by atoms with Gasteiger partial charge in [0.05, 0.1) is 7.11 Å². The van der Waals surface area contributed by atoms with Crippen molar-refractivity contribution in [2.75, 3.05) is 33.3 Å². The molecule has 1 saturated heterocycles. The Morgan fingerprint density at radius 3 is 2.38 bits per heavy atom. The SMILES string of the molecule is COc1ccc(Br)cc1/C=C/C(=O)N1CCN(C(=O)C(C)C)CC1. The highest BCUT2D eigenvalue weighted by atomic mass is 79.9. The van der Waals surface area contributed by atoms with Gasteiger partial charge in [-0.05, 0) is 24.3 Å². The molecule has 1 aliphatic heterocycles. The second-order valence-electron chi connectivity index (χ2n) is 6.02. The first kappa shape index (κ1) is 18.5. The molecule has 0 bridgehead atoms. The van der Waals surface area contributed by atoms with Gasteiger partial charge in [0.1, 0.15) is 5.75 Å². The van der Waals surface area contributed by atoms with Crippen molar-refractivity contribution in [2.45, 2.75) is 13.8 Å². The van der Waals surface area contributed by atoms with Crippen molar-refractivity contribution in [2.24, 2.45) is 5.92 Å². The Morgan fingerprint density at radius 1 is 1.17 bits per heavy atom. The number of hydrogen-bond donors (Lipinski definition) is 0. The summed E-state index contributed by atoms with van der Waals surface area (Å²) in [7, 11) is 1.60. The molecule has 0 aromatic heterocycles. The van der Waals surface area contributed by atoms with Crippen LogP contribution in [0.4, 0.5) is 0 Å². The number of halogens is 1. The molecule has 1 fully saturated rings. The molecule has 0 saturated carbocycles. The van der Waals surface area contributed by atoms with Crippen LogP contribution in [0, 0.1) is 5.92 Å². The quantitative estimate of drug-likeness (QED) is 0.737. The van der Waals surface area contributed by atoms with Crippen LogP contribution in [0.2, 0.25) is 0 Å². The van der Waals surface area contributed by atoms with Crippen LogP contribution in [0.15, 0.2) is 28.7 Å². The molecule has 6 heteroatoms. The van der Waals surface area contributed by atoms with E-state index < -0.39 is 0 Å². The van der Waals surface area contributed by atoms with Gasteiger partial charge in [0.25, 0.3) is 0 Å². The summed E-state index contributed by atoms with van der Waals surface area (Å²) in [6, 6.07) is 5.65. The highest BCUT2D eigenvalue weighted by molar-refractivity contribution is 9.10. The number of rotatable bonds is 4. The molecule has 24 heavy (non-hydrogen) atoms. The van der Waals surface area contributed by atoms with E-state index >= 15 is 0 Å². The maximum atomic E-state index is 12.3. The van der Waals surface area contributed by atoms with Gasteiger partial charge in [-0.3, -0.25) is 9.59 Å². The molecule has 0 unspecified atom stereocenters. The molecule has 2 rings (SSSR count). The summed E-state index contributed by atoms with van der Waals surface area (Å²) in [6.45, 7) is 6.12. The van der Waals surface area contributed by atoms with Crippen molar-refractivity contribution in [3.8, 4) is 5.75 Å². The number of benzene rings is 1. The summed E-state index contributed by atoms with van der Waals surface area (Å²) in [5, 5.41) is 0. The second kappa shape index (κ2) is 8.33. The first-order valence-electron chi connectivity index (χ1n) is 8.01. The molecular formula is C18H23BrN2O3. The second-order valence-corrected chi connectivity index (χ2v) is 6.94. The standard InChI is InChI=1S/C18H23BrN2O3/c1-13(2)18(23)21-10-8-20(9-11-21)17(22)7-4-14-12-15(19)5-6-16(14)24-3/h4-7,12-13H,8-11H2,1-3H3/b7-4+. The minimum Gasteiger partial charge on any atom is -0.496 e. The Kier molecular flexibility index (Phi) is 6.43. The molecule has 0 N–H and O–H groups in total. The van der Waals surface area contributed by atoms with E-state index in [1.165, 1.54) is 0 Å². The fourth-order valence-electron chi connectivity index (χ4n) is 2.61. The van der Waals surface area contributed by atoms with Crippen LogP contribution in [0.25, 0.3) is 6.08 Å². The third kappa shape index (κ3) is 4.60. The number of piperazine rings is 1. The predicted molar refractivity (Wildman–Crippen MR) is 97.7 cm³/mol. The zero-order valence-corrected chi connectivity index (χ0v) is 15.9. The van der Waals surface area contributed by atoms with Crippen molar-refractivity contribution >= 4 is 33.8 Å². The zero-order valence-electron chi connectivity index (χ0n) is 14.3. The molecule has 0 atom stereocenters. The van der Waals surface area contributed by atoms with Crippen LogP contribution in [0.5, 0.6) is 5.75 Å². The summed E-state index contributed by atoms with van der Waals surface area (Å²) in [5.74, 6) is 0.816. The molecule has 1 heterocycles. The normalized spacial score (nSPS) is 15.2. The van der Waals surface area contributed by atoms with E-state index in [1.807, 2.05) is 36.9 Å². The third-order valence-electron chi connectivity index (χ3n) is 3.99. The van der Waals surface area contributed by atoms with Gasteiger partial charge in [0.15, 0.2) is 0 Å². The average Bonchev–Trinajstić information content (AvgIpc) is 2.59. The van der Waals surface area contributed by atoms with E-state index in [9.17, 15) is 9.59 Å². The molecule has 2 amide bonds. The van der Waals surface area contributed by atoms with E-state index in [4.69, 9.17) is 4.74 Å². The number of ether oxygens (including phenoxy) is 1. The van der Waals surface area contributed by atoms with Gasteiger partial charge in [0.2, 0.25) is 11.8 Å². The largest absolute Gasteiger partial charge is 0.496 e. The van der Waals surface area contributed by atoms with Crippen molar-refractivity contribution in [1.29, 1.82) is 0 Å². The van der Waals surface area contributed by atoms with Crippen molar-refractivity contribution in [1.82, 2.24) is 9.80 Å². The van der Waals surface area contributed by atoms with E-state index in [1.54, 1.807) is 24.2 Å². The zero-order chi connectivity index (χ0) is 17.7. The fourth-order valence-corrected chi connectivity index (χ4v) is 2.99. The highest BCUT2D eigenvalue weighted by Crippen LogP contribution is 2.24. The van der Waals surface area contributed by atoms with Gasteiger partial charge < -0.3 is 14.5 Å². The lowest BCUT2D eigenvalue weighted by Gasteiger charge is -2.35. The Labute approximate surface area is 151 Å². The van der Waals surface area contributed by atoms with E-state index in [0.29, 0.717) is 26.2 Å². The van der Waals surface area contributed by atoms with Gasteiger partial charge >= 0.3 is 0 Å². The van der Waals surface area contributed by atoms with Crippen LogP contribution in [0.3, 0.4) is 0 Å². The Morgan fingerprint density at radius 2 is 1.79 bits per heavy atom. The summed E-state index contributed by atoms with van der Waals surface area (Å²) < 4.78 is 6.23. The summed E-state index contributed by atoms with van der Waals surface area (Å²) in [4.78, 5) is 27.9. The minimum absolute atomic E-state index is 0.00357. The Hall–Kier alpha value is -1.82. The topological polar surface area (TPSA) is 49.9 Å². The maximum Gasteiger partial charge on any atom is 0.246 e. The number of carbonyl (C=O) groups is 2. The summed E-state index contributed by atoms with van der Waals surface area (Å²) >= 11 is 3.42. The van der Waals surface area contributed by atoms with Crippen LogP contribution >= 0.6 is 15.9 Å². The molecule has 1 aliphatic rings. The molecule has 130 valence electrons. The van der Waals surface area contributed by atoms with Gasteiger partial charge in [-0.2, -0.15) is 0 Å². The van der Waals surface area contributed by atoms with Gasteiger partial charge in [-0.1, -0.05) is 29.8 Å². The van der Waals surface area contributed by atoms with Crippen LogP contribution in [-0.4, -0.2) is 54.9 Å². The summed E-state index contributed by atoms with van der Waals surface area (Å²) in [5.41, 5.74) is 0.842. The summed E-state index contributed by atoms with van der Waals surface area (Å²) in [6.07, 6.45) is 3.32. The smallest absolute Gasteiger partial charge is 0.246 e. The number of nitrogens with zero attached hydrogens (tertiary/aromatic N) is 2. The van der Waals surface area contributed by atoms with Crippen LogP contribution < -0.4 is 4.74 Å². The first-order chi connectivity index (χ1) is 11.4. The lowest BCUT2D eigenvalue weighted by atomic mass is 10.1. The molecule has 0 aliphatic carbocycles. The minimum atomic E-state index is -0.0475. The number of amides is 2.